The fraction of sp³-hybridized carbons (Fsp3) is 0.214. The molecular weight excluding hydrogens is 405 g/mol. The second-order valence-electron chi connectivity index (χ2n) is 4.85. The van der Waals surface area contributed by atoms with Gasteiger partial charge < -0.3 is 10.4 Å². The molecule has 0 saturated heterocycles. The van der Waals surface area contributed by atoms with Gasteiger partial charge in [-0.15, -0.1) is 0 Å². The lowest BCUT2D eigenvalue weighted by Crippen LogP contribution is -2.17. The number of rotatable bonds is 4. The van der Waals surface area contributed by atoms with Crippen molar-refractivity contribution in [2.24, 2.45) is 7.05 Å². The molecule has 2 N–H and O–H groups in total. The highest BCUT2D eigenvalue weighted by atomic mass is 79.9. The van der Waals surface area contributed by atoms with Gasteiger partial charge in [-0.25, -0.2) is 14.6 Å². The van der Waals surface area contributed by atoms with Crippen molar-refractivity contribution in [2.45, 2.75) is 6.04 Å². The molecular formula is C14H12BrCl2N5O. The van der Waals surface area contributed by atoms with Gasteiger partial charge in [-0.2, -0.15) is 5.10 Å². The fourth-order valence-corrected chi connectivity index (χ4v) is 3.63. The van der Waals surface area contributed by atoms with Gasteiger partial charge in [0, 0.05) is 22.7 Å². The molecule has 2 heterocycles. The van der Waals surface area contributed by atoms with E-state index < -0.39 is 6.04 Å². The van der Waals surface area contributed by atoms with Crippen molar-refractivity contribution in [3.63, 3.8) is 0 Å². The third kappa shape index (κ3) is 3.01. The Balaban J connectivity index is 2.07. The van der Waals surface area contributed by atoms with Gasteiger partial charge in [0.2, 0.25) is 0 Å². The van der Waals surface area contributed by atoms with Crippen LogP contribution in [0.15, 0.2) is 29.1 Å². The van der Waals surface area contributed by atoms with Gasteiger partial charge in [0.15, 0.2) is 5.65 Å². The number of nitrogens with one attached hydrogen (secondary N) is 1. The first-order chi connectivity index (χ1) is 11.0. The highest BCUT2D eigenvalue weighted by molar-refractivity contribution is 9.10. The van der Waals surface area contributed by atoms with Crippen LogP contribution in [0.3, 0.4) is 0 Å². The lowest BCUT2D eigenvalue weighted by Gasteiger charge is -2.20. The van der Waals surface area contributed by atoms with Crippen LogP contribution in [0.25, 0.3) is 11.0 Å². The van der Waals surface area contributed by atoms with Crippen LogP contribution in [-0.4, -0.2) is 31.5 Å². The Morgan fingerprint density at radius 3 is 2.65 bits per heavy atom. The number of aromatic nitrogens is 4. The molecule has 1 aromatic carbocycles. The van der Waals surface area contributed by atoms with Crippen molar-refractivity contribution < 1.29 is 5.11 Å². The lowest BCUT2D eigenvalue weighted by molar-refractivity contribution is 0.276. The first kappa shape index (κ1) is 16.4. The SMILES string of the molecule is Cn1nc(Br)c2c(N[C@@H](CO)c3c(Cl)cccc3Cl)ncnc21. The normalized spacial score (nSPS) is 12.6. The van der Waals surface area contributed by atoms with Gasteiger partial charge in [-0.05, 0) is 28.1 Å². The van der Waals surface area contributed by atoms with Crippen molar-refractivity contribution in [3.8, 4) is 0 Å². The van der Waals surface area contributed by atoms with E-state index >= 15 is 0 Å². The standard InChI is InChI=1S/C14H12BrCl2N5O/c1-22-14-11(12(15)21-22)13(18-6-19-14)20-9(5-23)10-7(16)3-2-4-8(10)17/h2-4,6,9,23H,5H2,1H3,(H,18,19,20)/t9-/m0/s1. The van der Waals surface area contributed by atoms with Crippen molar-refractivity contribution in [1.29, 1.82) is 0 Å². The van der Waals surface area contributed by atoms with Gasteiger partial charge in [-0.1, -0.05) is 29.3 Å². The Morgan fingerprint density at radius 2 is 2.00 bits per heavy atom. The van der Waals surface area contributed by atoms with Crippen LogP contribution >= 0.6 is 39.1 Å². The first-order valence-corrected chi connectivity index (χ1v) is 8.22. The van der Waals surface area contributed by atoms with Gasteiger partial charge in [-0.3, -0.25) is 0 Å². The maximum atomic E-state index is 9.78. The van der Waals surface area contributed by atoms with Crippen LogP contribution in [0.1, 0.15) is 11.6 Å². The Hall–Kier alpha value is -1.41. The molecule has 23 heavy (non-hydrogen) atoms. The number of hydrogen-bond donors (Lipinski definition) is 2. The zero-order valence-corrected chi connectivity index (χ0v) is 15.1. The van der Waals surface area contributed by atoms with Gasteiger partial charge in [0.25, 0.3) is 0 Å². The second kappa shape index (κ2) is 6.60. The summed E-state index contributed by atoms with van der Waals surface area (Å²) in [7, 11) is 1.79. The summed E-state index contributed by atoms with van der Waals surface area (Å²) in [5.41, 5.74) is 1.28. The molecule has 120 valence electrons. The molecule has 0 radical (unpaired) electrons. The van der Waals surface area contributed by atoms with Crippen molar-refractivity contribution in [2.75, 3.05) is 11.9 Å². The van der Waals surface area contributed by atoms with E-state index in [9.17, 15) is 5.11 Å². The summed E-state index contributed by atoms with van der Waals surface area (Å²) >= 11 is 15.9. The molecule has 0 spiro atoms. The lowest BCUT2D eigenvalue weighted by atomic mass is 10.1. The molecule has 0 saturated carbocycles. The van der Waals surface area contributed by atoms with Crippen LogP contribution in [0.4, 0.5) is 5.82 Å². The van der Waals surface area contributed by atoms with E-state index in [-0.39, 0.29) is 6.61 Å². The summed E-state index contributed by atoms with van der Waals surface area (Å²) < 4.78 is 2.25. The molecule has 0 aliphatic heterocycles. The van der Waals surface area contributed by atoms with E-state index in [1.807, 2.05) is 0 Å². The zero-order chi connectivity index (χ0) is 16.6. The highest BCUT2D eigenvalue weighted by Crippen LogP contribution is 2.34. The minimum absolute atomic E-state index is 0.202. The topological polar surface area (TPSA) is 75.9 Å². The molecule has 2 aromatic heterocycles. The molecule has 9 heteroatoms. The van der Waals surface area contributed by atoms with Gasteiger partial charge in [0.1, 0.15) is 16.7 Å². The maximum absolute atomic E-state index is 9.78. The predicted octanol–water partition coefficient (Wildman–Crippen LogP) is 3.58. The average Bonchev–Trinajstić information content (AvgIpc) is 2.81. The molecule has 0 aliphatic carbocycles. The first-order valence-electron chi connectivity index (χ1n) is 6.67. The van der Waals surface area contributed by atoms with E-state index in [1.54, 1.807) is 29.9 Å². The summed E-state index contributed by atoms with van der Waals surface area (Å²) in [5, 5.41) is 18.9. The number of hydrogen-bond acceptors (Lipinski definition) is 5. The number of aliphatic hydroxyl groups excluding tert-OH is 1. The molecule has 0 amide bonds. The van der Waals surface area contributed by atoms with E-state index in [0.717, 1.165) is 5.39 Å². The Morgan fingerprint density at radius 1 is 1.30 bits per heavy atom. The van der Waals surface area contributed by atoms with E-state index in [4.69, 9.17) is 23.2 Å². The predicted molar refractivity (Wildman–Crippen MR) is 93.9 cm³/mol. The van der Waals surface area contributed by atoms with Gasteiger partial charge in [0.05, 0.1) is 18.0 Å². The van der Waals surface area contributed by atoms with Crippen molar-refractivity contribution >= 4 is 56.0 Å². The van der Waals surface area contributed by atoms with E-state index in [1.165, 1.54) is 6.33 Å². The number of aliphatic hydroxyl groups is 1. The number of nitrogens with zero attached hydrogens (tertiary/aromatic N) is 4. The summed E-state index contributed by atoms with van der Waals surface area (Å²) in [6, 6.07) is 4.69. The Labute approximate surface area is 150 Å². The highest BCUT2D eigenvalue weighted by Gasteiger charge is 2.21. The number of halogens is 3. The molecule has 3 aromatic rings. The minimum Gasteiger partial charge on any atom is -0.394 e. The summed E-state index contributed by atoms with van der Waals surface area (Å²) in [5.74, 6) is 0.532. The van der Waals surface area contributed by atoms with Crippen LogP contribution in [0.5, 0.6) is 0 Å². The fourth-order valence-electron chi connectivity index (χ4n) is 2.37. The summed E-state index contributed by atoms with van der Waals surface area (Å²) in [6.45, 7) is -0.202. The number of fused-ring (bicyclic) bond motifs is 1. The zero-order valence-electron chi connectivity index (χ0n) is 12.0. The number of benzene rings is 1. The Kier molecular flexibility index (Phi) is 4.72. The largest absolute Gasteiger partial charge is 0.394 e. The van der Waals surface area contributed by atoms with Crippen LogP contribution < -0.4 is 5.32 Å². The van der Waals surface area contributed by atoms with Crippen LogP contribution in [-0.2, 0) is 7.05 Å². The molecule has 0 unspecified atom stereocenters. The number of aryl methyl sites for hydroxylation is 1. The van der Waals surface area contributed by atoms with Crippen LogP contribution in [0, 0.1) is 0 Å². The molecule has 1 atom stereocenters. The van der Waals surface area contributed by atoms with E-state index in [0.29, 0.717) is 31.7 Å². The maximum Gasteiger partial charge on any atom is 0.164 e. The van der Waals surface area contributed by atoms with Gasteiger partial charge >= 0.3 is 0 Å². The van der Waals surface area contributed by atoms with E-state index in [2.05, 4.69) is 36.3 Å². The number of anilines is 1. The molecule has 0 bridgehead atoms. The Bertz CT molecular complexity index is 849. The minimum atomic E-state index is -0.513. The summed E-state index contributed by atoms with van der Waals surface area (Å²) in [6.07, 6.45) is 1.43. The van der Waals surface area contributed by atoms with Crippen molar-refractivity contribution in [1.82, 2.24) is 19.7 Å². The quantitative estimate of drug-likeness (QED) is 0.679. The molecule has 0 fully saturated rings. The molecule has 0 aliphatic rings. The van der Waals surface area contributed by atoms with Crippen molar-refractivity contribution in [3.05, 3.63) is 44.7 Å². The second-order valence-corrected chi connectivity index (χ2v) is 6.42. The smallest absolute Gasteiger partial charge is 0.164 e. The molecule has 6 nitrogen and oxygen atoms in total. The molecule has 3 rings (SSSR count). The monoisotopic (exact) mass is 415 g/mol. The summed E-state index contributed by atoms with van der Waals surface area (Å²) in [4.78, 5) is 8.46. The third-order valence-corrected chi connectivity index (χ3v) is 4.63. The third-order valence-electron chi connectivity index (χ3n) is 3.42. The average molecular weight is 417 g/mol. The van der Waals surface area contributed by atoms with Crippen LogP contribution in [0.2, 0.25) is 10.0 Å².